The molecule has 0 saturated heterocycles. The Morgan fingerprint density at radius 3 is 1.50 bits per heavy atom. The zero-order chi connectivity index (χ0) is 4.12. The highest BCUT2D eigenvalue weighted by Crippen LogP contribution is 1.65. The fourth-order valence-corrected chi connectivity index (χ4v) is 0.0680. The van der Waals surface area contributed by atoms with Gasteiger partial charge in [0.25, 0.3) is 0 Å². The smallest absolute Gasteiger partial charge is 0.0829 e. The summed E-state index contributed by atoms with van der Waals surface area (Å²) in [7, 11) is 0. The molecule has 0 spiro atoms. The van der Waals surface area contributed by atoms with Crippen molar-refractivity contribution in [1.29, 1.82) is 0 Å². The van der Waals surface area contributed by atoms with Crippen LogP contribution in [0.15, 0.2) is 25.7 Å². The molecule has 0 aliphatic heterocycles. The zero-order valence-corrected chi connectivity index (χ0v) is 2.98. The molecule has 0 unspecified atom stereocenters. The Morgan fingerprint density at radius 1 is 1.17 bits per heavy atom. The molecule has 0 fully saturated rings. The van der Waals surface area contributed by atoms with Crippen molar-refractivity contribution in [3.8, 4) is 0 Å². The van der Waals surface area contributed by atoms with Gasteiger partial charge in [0.2, 0.25) is 0 Å². The summed E-state index contributed by atoms with van der Waals surface area (Å²) in [5.74, 6) is 0. The topological polar surface area (TPSA) is 9.23 Å². The summed E-state index contributed by atoms with van der Waals surface area (Å²) < 4.78 is 4.36. The van der Waals surface area contributed by atoms with Gasteiger partial charge >= 0.3 is 0 Å². The van der Waals surface area contributed by atoms with E-state index in [1.54, 1.807) is 0 Å². The summed E-state index contributed by atoms with van der Waals surface area (Å²) in [6.07, 6.45) is 2.62. The molecule has 0 atom stereocenters. The average molecular weight is 102 g/mol. The molecule has 6 heavy (non-hydrogen) atoms. The highest BCUT2D eigenvalue weighted by molar-refractivity contribution is 5.75. The van der Waals surface area contributed by atoms with Crippen LogP contribution < -0.4 is 0 Å². The molecule has 1 nitrogen and oxygen atoms in total. The predicted octanol–water partition coefficient (Wildman–Crippen LogP) is -0.162. The van der Waals surface area contributed by atoms with E-state index in [-0.39, 0.29) is 11.0 Å². The number of rotatable bonds is 2. The summed E-state index contributed by atoms with van der Waals surface area (Å²) in [6, 6.07) is 0. The van der Waals surface area contributed by atoms with Gasteiger partial charge in [0, 0.05) is 0 Å². The van der Waals surface area contributed by atoms with Gasteiger partial charge in [-0.3, -0.25) is 0 Å². The largest absolute Gasteiger partial charge is 0.474 e. The minimum Gasteiger partial charge on any atom is -0.474 e. The van der Waals surface area contributed by atoms with Gasteiger partial charge in [0.05, 0.1) is 12.5 Å². The molecule has 0 aromatic heterocycles. The molecule has 0 saturated carbocycles. The lowest BCUT2D eigenvalue weighted by Crippen LogP contribution is -1.52. The van der Waals surface area contributed by atoms with E-state index in [0.717, 1.165) is 0 Å². The molecule has 0 rings (SSSR count). The van der Waals surface area contributed by atoms with E-state index in [2.05, 4.69) is 17.9 Å². The average Bonchev–Trinajstić information content (AvgIpc) is 1.41. The Morgan fingerprint density at radius 2 is 1.50 bits per heavy atom. The van der Waals surface area contributed by atoms with Gasteiger partial charge in [-0.05, 0) is 11.0 Å². The van der Waals surface area contributed by atoms with Crippen LogP contribution in [0.1, 0.15) is 0 Å². The van der Waals surface area contributed by atoms with Crippen molar-refractivity contribution in [2.24, 2.45) is 0 Å². The number of hydrogen-bond donors (Lipinski definition) is 0. The molecule has 0 aliphatic carbocycles. The molecule has 0 bridgehead atoms. The Kier molecular flexibility index (Phi) is 13.4. The summed E-state index contributed by atoms with van der Waals surface area (Å²) in [5, 5.41) is 0. The second-order valence-electron chi connectivity index (χ2n) is 0.469. The molecule has 0 radical (unpaired) electrons. The van der Waals surface area contributed by atoms with Crippen LogP contribution in [-0.4, -0.2) is 11.0 Å². The first-order valence-corrected chi connectivity index (χ1v) is 1.29. The van der Waals surface area contributed by atoms with Crippen molar-refractivity contribution < 1.29 is 4.74 Å². The molecule has 2 heteroatoms. The molecule has 0 aromatic rings. The van der Waals surface area contributed by atoms with E-state index in [9.17, 15) is 0 Å². The van der Waals surface area contributed by atoms with E-state index in [1.807, 2.05) is 0 Å². The van der Waals surface area contributed by atoms with Gasteiger partial charge < -0.3 is 4.74 Å². The SMILES string of the molecule is C=COC=C.[SiH4]. The van der Waals surface area contributed by atoms with Crippen molar-refractivity contribution in [2.45, 2.75) is 0 Å². The van der Waals surface area contributed by atoms with Crippen LogP contribution in [-0.2, 0) is 4.74 Å². The minimum absolute atomic E-state index is 0. The van der Waals surface area contributed by atoms with E-state index < -0.39 is 0 Å². The minimum atomic E-state index is 0. The van der Waals surface area contributed by atoms with Gasteiger partial charge in [-0.1, -0.05) is 13.2 Å². The van der Waals surface area contributed by atoms with Gasteiger partial charge in [0.15, 0.2) is 0 Å². The Hall–Kier alpha value is -0.503. The molecular formula is C4H10OSi. The summed E-state index contributed by atoms with van der Waals surface area (Å²) >= 11 is 0. The fraction of sp³-hybridized carbons (Fsp3) is 0. The first kappa shape index (κ1) is 9.09. The zero-order valence-electron chi connectivity index (χ0n) is 2.98. The summed E-state index contributed by atoms with van der Waals surface area (Å²) in [6.45, 7) is 6.51. The predicted molar refractivity (Wildman–Crippen MR) is 32.8 cm³/mol. The van der Waals surface area contributed by atoms with Crippen molar-refractivity contribution in [3.63, 3.8) is 0 Å². The van der Waals surface area contributed by atoms with E-state index in [4.69, 9.17) is 0 Å². The Bertz CT molecular complexity index is 36.8. The molecule has 0 N–H and O–H groups in total. The molecule has 0 aliphatic rings. The third-order valence-corrected chi connectivity index (χ3v) is 0.192. The summed E-state index contributed by atoms with van der Waals surface area (Å²) in [4.78, 5) is 0. The van der Waals surface area contributed by atoms with Gasteiger partial charge in [-0.2, -0.15) is 0 Å². The van der Waals surface area contributed by atoms with E-state index >= 15 is 0 Å². The molecule has 36 valence electrons. The first-order valence-electron chi connectivity index (χ1n) is 1.29. The molecular weight excluding hydrogens is 92.1 g/mol. The van der Waals surface area contributed by atoms with Gasteiger partial charge in [-0.15, -0.1) is 0 Å². The maximum Gasteiger partial charge on any atom is 0.0829 e. The second kappa shape index (κ2) is 8.82. The van der Waals surface area contributed by atoms with E-state index in [1.165, 1.54) is 12.5 Å². The van der Waals surface area contributed by atoms with E-state index in [0.29, 0.717) is 0 Å². The lowest BCUT2D eigenvalue weighted by atomic mass is 11.1. The van der Waals surface area contributed by atoms with Gasteiger partial charge in [-0.25, -0.2) is 0 Å². The van der Waals surface area contributed by atoms with Crippen LogP contribution in [0, 0.1) is 0 Å². The van der Waals surface area contributed by atoms with Crippen LogP contribution in [0.3, 0.4) is 0 Å². The van der Waals surface area contributed by atoms with Crippen LogP contribution in [0.5, 0.6) is 0 Å². The van der Waals surface area contributed by atoms with Crippen LogP contribution in [0.4, 0.5) is 0 Å². The van der Waals surface area contributed by atoms with Crippen molar-refractivity contribution >= 4 is 11.0 Å². The van der Waals surface area contributed by atoms with Crippen LogP contribution in [0.25, 0.3) is 0 Å². The molecule has 0 amide bonds. The maximum absolute atomic E-state index is 4.36. The van der Waals surface area contributed by atoms with Crippen LogP contribution >= 0.6 is 0 Å². The van der Waals surface area contributed by atoms with Crippen molar-refractivity contribution in [1.82, 2.24) is 0 Å². The monoisotopic (exact) mass is 102 g/mol. The standard InChI is InChI=1S/C4H6O.H4Si/c1-3-5-4-2;/h3-4H,1-2H2;1H4. The molecule has 0 heterocycles. The Balaban J connectivity index is 0. The fourth-order valence-electron chi connectivity index (χ4n) is 0.0680. The molecule has 0 aromatic carbocycles. The number of hydrogen-bond acceptors (Lipinski definition) is 1. The van der Waals surface area contributed by atoms with Crippen LogP contribution in [0.2, 0.25) is 0 Å². The normalized spacial score (nSPS) is 4.67. The first-order chi connectivity index (χ1) is 2.41. The highest BCUT2D eigenvalue weighted by Gasteiger charge is 1.45. The van der Waals surface area contributed by atoms with Crippen molar-refractivity contribution in [2.75, 3.05) is 0 Å². The maximum atomic E-state index is 4.36. The third kappa shape index (κ3) is 9.73. The lowest BCUT2D eigenvalue weighted by Gasteiger charge is -1.76. The third-order valence-electron chi connectivity index (χ3n) is 0.192. The highest BCUT2D eigenvalue weighted by atomic mass is 28.1. The van der Waals surface area contributed by atoms with Crippen molar-refractivity contribution in [3.05, 3.63) is 25.7 Å². The number of ether oxygens (including phenoxy) is 1. The Labute approximate surface area is 42.3 Å². The summed E-state index contributed by atoms with van der Waals surface area (Å²) in [5.41, 5.74) is 0. The van der Waals surface area contributed by atoms with Gasteiger partial charge in [0.1, 0.15) is 0 Å². The second-order valence-corrected chi connectivity index (χ2v) is 0.469. The quantitative estimate of drug-likeness (QED) is 0.348. The lowest BCUT2D eigenvalue weighted by molar-refractivity contribution is 0.406.